The molecule has 2 aromatic carbocycles. The van der Waals surface area contributed by atoms with Crippen LogP contribution < -0.4 is 10.6 Å². The molecule has 2 aromatic rings. The molecule has 2 amide bonds. The van der Waals surface area contributed by atoms with E-state index in [0.717, 1.165) is 17.2 Å². The second kappa shape index (κ2) is 8.82. The molecule has 6 nitrogen and oxygen atoms in total. The molecular weight excluding hydrogens is 320 g/mol. The molecule has 1 atom stereocenters. The van der Waals surface area contributed by atoms with E-state index in [0.29, 0.717) is 12.1 Å². The van der Waals surface area contributed by atoms with Crippen LogP contribution >= 0.6 is 0 Å². The van der Waals surface area contributed by atoms with Crippen LogP contribution in [0.2, 0.25) is 0 Å². The Balaban J connectivity index is 1.86. The number of fused-ring (bicyclic) bond motifs is 1. The standard InChI is InChI=1S/C19H22N2O4/c1-3-10-20-18(23)13(2)21-17(22)12-25-19(24)16-9-8-14-6-4-5-7-15(14)11-16/h4-9,11,13H,3,10,12H2,1-2H3,(H,20,23)(H,21,22)/t13-/m0/s1. The first-order valence-electron chi connectivity index (χ1n) is 8.24. The first-order chi connectivity index (χ1) is 12.0. The molecule has 0 heterocycles. The zero-order valence-electron chi connectivity index (χ0n) is 14.4. The molecule has 0 spiro atoms. The van der Waals surface area contributed by atoms with Crippen LogP contribution in [0.4, 0.5) is 0 Å². The van der Waals surface area contributed by atoms with Gasteiger partial charge in [0, 0.05) is 6.54 Å². The first-order valence-corrected chi connectivity index (χ1v) is 8.24. The van der Waals surface area contributed by atoms with E-state index in [1.54, 1.807) is 19.1 Å². The highest BCUT2D eigenvalue weighted by molar-refractivity contribution is 5.96. The molecular formula is C19H22N2O4. The molecule has 0 unspecified atom stereocenters. The lowest BCUT2D eigenvalue weighted by molar-refractivity contribution is -0.130. The van der Waals surface area contributed by atoms with Gasteiger partial charge >= 0.3 is 5.97 Å². The van der Waals surface area contributed by atoms with Gasteiger partial charge in [-0.2, -0.15) is 0 Å². The molecule has 132 valence electrons. The number of nitrogens with one attached hydrogen (secondary N) is 2. The van der Waals surface area contributed by atoms with Gasteiger partial charge < -0.3 is 15.4 Å². The van der Waals surface area contributed by atoms with Crippen LogP contribution in [0.5, 0.6) is 0 Å². The molecule has 2 N–H and O–H groups in total. The number of carbonyl (C=O) groups excluding carboxylic acids is 3. The van der Waals surface area contributed by atoms with Crippen molar-refractivity contribution in [2.45, 2.75) is 26.3 Å². The minimum absolute atomic E-state index is 0.268. The lowest BCUT2D eigenvalue weighted by Crippen LogP contribution is -2.46. The van der Waals surface area contributed by atoms with Crippen LogP contribution in [0, 0.1) is 0 Å². The summed E-state index contributed by atoms with van der Waals surface area (Å²) in [6, 6.07) is 12.2. The zero-order valence-corrected chi connectivity index (χ0v) is 14.4. The monoisotopic (exact) mass is 342 g/mol. The van der Waals surface area contributed by atoms with Gasteiger partial charge in [0.2, 0.25) is 5.91 Å². The summed E-state index contributed by atoms with van der Waals surface area (Å²) >= 11 is 0. The molecule has 0 fully saturated rings. The fourth-order valence-electron chi connectivity index (χ4n) is 2.28. The minimum atomic E-state index is -0.682. The summed E-state index contributed by atoms with van der Waals surface area (Å²) in [5.41, 5.74) is 0.375. The molecule has 0 bridgehead atoms. The van der Waals surface area contributed by atoms with Crippen molar-refractivity contribution in [1.82, 2.24) is 10.6 Å². The van der Waals surface area contributed by atoms with E-state index in [1.165, 1.54) is 0 Å². The second-order valence-corrected chi connectivity index (χ2v) is 5.72. The number of hydrogen-bond donors (Lipinski definition) is 2. The average molecular weight is 342 g/mol. The number of benzene rings is 2. The fraction of sp³-hybridized carbons (Fsp3) is 0.316. The van der Waals surface area contributed by atoms with Crippen molar-refractivity contribution in [1.29, 1.82) is 0 Å². The van der Waals surface area contributed by atoms with Crippen molar-refractivity contribution in [2.75, 3.05) is 13.2 Å². The molecule has 0 radical (unpaired) electrons. The third-order valence-electron chi connectivity index (χ3n) is 3.64. The van der Waals surface area contributed by atoms with Crippen molar-refractivity contribution >= 4 is 28.6 Å². The maximum atomic E-state index is 12.1. The zero-order chi connectivity index (χ0) is 18.2. The Morgan fingerprint density at radius 2 is 1.80 bits per heavy atom. The van der Waals surface area contributed by atoms with E-state index in [4.69, 9.17) is 4.74 Å². The molecule has 0 aromatic heterocycles. The van der Waals surface area contributed by atoms with Crippen LogP contribution in [0.15, 0.2) is 42.5 Å². The fourth-order valence-corrected chi connectivity index (χ4v) is 2.28. The number of hydrogen-bond acceptors (Lipinski definition) is 4. The number of amides is 2. The van der Waals surface area contributed by atoms with Crippen molar-refractivity contribution in [3.05, 3.63) is 48.0 Å². The van der Waals surface area contributed by atoms with Gasteiger partial charge in [0.15, 0.2) is 6.61 Å². The molecule has 0 aliphatic rings. The average Bonchev–Trinajstić information content (AvgIpc) is 2.63. The van der Waals surface area contributed by atoms with Crippen molar-refractivity contribution in [3.8, 4) is 0 Å². The van der Waals surface area contributed by atoms with E-state index < -0.39 is 24.5 Å². The third-order valence-corrected chi connectivity index (χ3v) is 3.64. The van der Waals surface area contributed by atoms with Crippen molar-refractivity contribution < 1.29 is 19.1 Å². The van der Waals surface area contributed by atoms with Crippen LogP contribution in [-0.2, 0) is 14.3 Å². The second-order valence-electron chi connectivity index (χ2n) is 5.72. The Labute approximate surface area is 146 Å². The van der Waals surface area contributed by atoms with Gasteiger partial charge in [-0.15, -0.1) is 0 Å². The maximum absolute atomic E-state index is 12.1. The van der Waals surface area contributed by atoms with Gasteiger partial charge in [0.1, 0.15) is 6.04 Å². The third kappa shape index (κ3) is 5.31. The van der Waals surface area contributed by atoms with Crippen molar-refractivity contribution in [3.63, 3.8) is 0 Å². The normalized spacial score (nSPS) is 11.6. The Hall–Kier alpha value is -2.89. The molecule has 0 aliphatic heterocycles. The van der Waals surface area contributed by atoms with Crippen LogP contribution in [-0.4, -0.2) is 37.0 Å². The molecule has 0 aliphatic carbocycles. The Morgan fingerprint density at radius 1 is 1.08 bits per heavy atom. The summed E-state index contributed by atoms with van der Waals surface area (Å²) in [4.78, 5) is 35.6. The predicted molar refractivity (Wildman–Crippen MR) is 95.1 cm³/mol. The quantitative estimate of drug-likeness (QED) is 0.754. The largest absolute Gasteiger partial charge is 0.452 e. The molecule has 2 rings (SSSR count). The summed E-state index contributed by atoms with van der Waals surface area (Å²) in [6.45, 7) is 3.64. The molecule has 0 saturated heterocycles. The number of esters is 1. The Kier molecular flexibility index (Phi) is 6.51. The lowest BCUT2D eigenvalue weighted by atomic mass is 10.1. The van der Waals surface area contributed by atoms with Gasteiger partial charge in [-0.1, -0.05) is 37.3 Å². The highest BCUT2D eigenvalue weighted by Gasteiger charge is 2.16. The van der Waals surface area contributed by atoms with Gasteiger partial charge in [-0.3, -0.25) is 9.59 Å². The van der Waals surface area contributed by atoms with Gasteiger partial charge in [0.05, 0.1) is 5.56 Å². The Morgan fingerprint density at radius 3 is 2.52 bits per heavy atom. The van der Waals surface area contributed by atoms with E-state index in [-0.39, 0.29) is 5.91 Å². The molecule has 25 heavy (non-hydrogen) atoms. The smallest absolute Gasteiger partial charge is 0.338 e. The van der Waals surface area contributed by atoms with Crippen LogP contribution in [0.3, 0.4) is 0 Å². The first kappa shape index (κ1) is 18.4. The highest BCUT2D eigenvalue weighted by Crippen LogP contribution is 2.16. The summed E-state index contributed by atoms with van der Waals surface area (Å²) in [5, 5.41) is 7.12. The number of ether oxygens (including phenoxy) is 1. The minimum Gasteiger partial charge on any atom is -0.452 e. The van der Waals surface area contributed by atoms with Crippen LogP contribution in [0.1, 0.15) is 30.6 Å². The highest BCUT2D eigenvalue weighted by atomic mass is 16.5. The SMILES string of the molecule is CCCNC(=O)[C@H](C)NC(=O)COC(=O)c1ccc2ccccc2c1. The summed E-state index contributed by atoms with van der Waals surface area (Å²) in [5.74, 6) is -1.37. The van der Waals surface area contributed by atoms with Crippen molar-refractivity contribution in [2.24, 2.45) is 0 Å². The molecule has 6 heteroatoms. The van der Waals surface area contributed by atoms with E-state index >= 15 is 0 Å². The summed E-state index contributed by atoms with van der Waals surface area (Å²) in [6.07, 6.45) is 0.815. The number of rotatable bonds is 7. The van der Waals surface area contributed by atoms with Crippen LogP contribution in [0.25, 0.3) is 10.8 Å². The topological polar surface area (TPSA) is 84.5 Å². The van der Waals surface area contributed by atoms with Gasteiger partial charge in [-0.25, -0.2) is 4.79 Å². The van der Waals surface area contributed by atoms with E-state index in [1.807, 2.05) is 37.3 Å². The predicted octanol–water partition coefficient (Wildman–Crippen LogP) is 2.03. The lowest BCUT2D eigenvalue weighted by Gasteiger charge is -2.13. The Bertz CT molecular complexity index is 773. The van der Waals surface area contributed by atoms with Gasteiger partial charge in [-0.05, 0) is 36.2 Å². The number of carbonyl (C=O) groups is 3. The summed E-state index contributed by atoms with van der Waals surface area (Å²) < 4.78 is 5.02. The summed E-state index contributed by atoms with van der Waals surface area (Å²) in [7, 11) is 0. The van der Waals surface area contributed by atoms with E-state index in [9.17, 15) is 14.4 Å². The van der Waals surface area contributed by atoms with Gasteiger partial charge in [0.25, 0.3) is 5.91 Å². The maximum Gasteiger partial charge on any atom is 0.338 e. The molecule has 0 saturated carbocycles. The van der Waals surface area contributed by atoms with E-state index in [2.05, 4.69) is 10.6 Å².